The van der Waals surface area contributed by atoms with Crippen LogP contribution in [0.3, 0.4) is 0 Å². The number of hydrogen-bond donors (Lipinski definition) is 1. The van der Waals surface area contributed by atoms with E-state index in [2.05, 4.69) is 28.2 Å². The van der Waals surface area contributed by atoms with Crippen LogP contribution in [-0.2, 0) is 0 Å². The van der Waals surface area contributed by atoms with E-state index in [1.807, 2.05) is 0 Å². The maximum absolute atomic E-state index is 13.0. The van der Waals surface area contributed by atoms with Gasteiger partial charge in [0.2, 0.25) is 0 Å². The highest BCUT2D eigenvalue weighted by molar-refractivity contribution is 9.10. The number of hydrogen-bond acceptors (Lipinski definition) is 2. The third kappa shape index (κ3) is 6.36. The van der Waals surface area contributed by atoms with Gasteiger partial charge in [-0.15, -0.1) is 0 Å². The molecule has 0 radical (unpaired) electrons. The van der Waals surface area contributed by atoms with Crippen molar-refractivity contribution < 1.29 is 9.13 Å². The zero-order chi connectivity index (χ0) is 13.2. The lowest BCUT2D eigenvalue weighted by Gasteiger charge is -2.08. The normalized spacial score (nSPS) is 10.6. The predicted octanol–water partition coefficient (Wildman–Crippen LogP) is 4.14. The molecule has 0 atom stereocenters. The van der Waals surface area contributed by atoms with Crippen LogP contribution in [0.15, 0.2) is 22.7 Å². The highest BCUT2D eigenvalue weighted by atomic mass is 79.9. The fraction of sp³-hybridized carbons (Fsp3) is 0.571. The minimum Gasteiger partial charge on any atom is -0.492 e. The van der Waals surface area contributed by atoms with Crippen molar-refractivity contribution in [1.29, 1.82) is 0 Å². The van der Waals surface area contributed by atoms with Gasteiger partial charge in [-0.3, -0.25) is 0 Å². The first-order valence-corrected chi connectivity index (χ1v) is 7.32. The summed E-state index contributed by atoms with van der Waals surface area (Å²) in [4.78, 5) is 0. The number of halogens is 2. The van der Waals surface area contributed by atoms with E-state index in [-0.39, 0.29) is 5.82 Å². The lowest BCUT2D eigenvalue weighted by molar-refractivity contribution is 0.301. The van der Waals surface area contributed by atoms with Crippen LogP contribution in [0.2, 0.25) is 0 Å². The van der Waals surface area contributed by atoms with Crippen molar-refractivity contribution in [3.05, 3.63) is 28.5 Å². The van der Waals surface area contributed by atoms with Crippen molar-refractivity contribution in [2.45, 2.75) is 32.6 Å². The van der Waals surface area contributed by atoms with Crippen molar-refractivity contribution >= 4 is 15.9 Å². The van der Waals surface area contributed by atoms with Gasteiger partial charge < -0.3 is 10.1 Å². The molecule has 2 nitrogen and oxygen atoms in total. The van der Waals surface area contributed by atoms with Crippen LogP contribution in [0.4, 0.5) is 4.39 Å². The zero-order valence-electron chi connectivity index (χ0n) is 10.8. The van der Waals surface area contributed by atoms with Crippen LogP contribution < -0.4 is 10.1 Å². The largest absolute Gasteiger partial charge is 0.492 e. The number of unbranched alkanes of at least 4 members (excludes halogenated alkanes) is 2. The molecule has 1 aromatic carbocycles. The molecule has 0 saturated carbocycles. The third-order valence-corrected chi connectivity index (χ3v) is 3.23. The molecule has 1 aromatic rings. The second kappa shape index (κ2) is 9.34. The summed E-state index contributed by atoms with van der Waals surface area (Å²) in [6.45, 7) is 4.96. The Morgan fingerprint density at radius 3 is 2.83 bits per heavy atom. The molecule has 1 rings (SSSR count). The van der Waals surface area contributed by atoms with Gasteiger partial charge in [-0.05, 0) is 66.8 Å². The molecule has 0 aromatic heterocycles. The Morgan fingerprint density at radius 2 is 2.06 bits per heavy atom. The maximum Gasteiger partial charge on any atom is 0.136 e. The van der Waals surface area contributed by atoms with Crippen molar-refractivity contribution in [2.75, 3.05) is 19.7 Å². The topological polar surface area (TPSA) is 21.3 Å². The van der Waals surface area contributed by atoms with Gasteiger partial charge in [0.05, 0.1) is 11.1 Å². The molecule has 0 aliphatic heterocycles. The number of ether oxygens (including phenoxy) is 1. The molecule has 0 fully saturated rings. The molecule has 0 unspecified atom stereocenters. The lowest BCUT2D eigenvalue weighted by Crippen LogP contribution is -2.15. The van der Waals surface area contributed by atoms with E-state index in [1.165, 1.54) is 18.6 Å². The van der Waals surface area contributed by atoms with Gasteiger partial charge in [0.15, 0.2) is 0 Å². The molecule has 0 saturated heterocycles. The molecular weight excluding hydrogens is 297 g/mol. The molecular formula is C14H21BrFNO. The first-order chi connectivity index (χ1) is 8.74. The highest BCUT2D eigenvalue weighted by Gasteiger charge is 2.02. The summed E-state index contributed by atoms with van der Waals surface area (Å²) in [6.07, 6.45) is 4.46. The lowest BCUT2D eigenvalue weighted by atomic mass is 10.2. The van der Waals surface area contributed by atoms with Gasteiger partial charge >= 0.3 is 0 Å². The van der Waals surface area contributed by atoms with Crippen molar-refractivity contribution in [3.63, 3.8) is 0 Å². The van der Waals surface area contributed by atoms with Crippen LogP contribution in [0, 0.1) is 5.82 Å². The van der Waals surface area contributed by atoms with E-state index in [4.69, 9.17) is 4.74 Å². The van der Waals surface area contributed by atoms with Crippen LogP contribution in [0.1, 0.15) is 32.6 Å². The number of nitrogens with one attached hydrogen (secondary N) is 1. The van der Waals surface area contributed by atoms with Crippen molar-refractivity contribution in [1.82, 2.24) is 5.32 Å². The predicted molar refractivity (Wildman–Crippen MR) is 76.6 cm³/mol. The molecule has 4 heteroatoms. The minimum atomic E-state index is -0.267. The van der Waals surface area contributed by atoms with Crippen molar-refractivity contribution in [3.8, 4) is 5.75 Å². The summed E-state index contributed by atoms with van der Waals surface area (Å²) in [6, 6.07) is 4.49. The van der Waals surface area contributed by atoms with Gasteiger partial charge in [0.25, 0.3) is 0 Å². The Kier molecular flexibility index (Phi) is 8.01. The fourth-order valence-corrected chi connectivity index (χ4v) is 1.96. The van der Waals surface area contributed by atoms with Crippen LogP contribution in [-0.4, -0.2) is 19.7 Å². The monoisotopic (exact) mass is 317 g/mol. The molecule has 0 bridgehead atoms. The summed E-state index contributed by atoms with van der Waals surface area (Å²) in [5.41, 5.74) is 0. The smallest absolute Gasteiger partial charge is 0.136 e. The zero-order valence-corrected chi connectivity index (χ0v) is 12.4. The van der Waals surface area contributed by atoms with Crippen LogP contribution in [0.25, 0.3) is 0 Å². The first kappa shape index (κ1) is 15.4. The molecule has 18 heavy (non-hydrogen) atoms. The maximum atomic E-state index is 13.0. The fourth-order valence-electron chi connectivity index (χ4n) is 1.60. The summed E-state index contributed by atoms with van der Waals surface area (Å²) in [7, 11) is 0. The Morgan fingerprint density at radius 1 is 1.22 bits per heavy atom. The Balaban J connectivity index is 2.09. The first-order valence-electron chi connectivity index (χ1n) is 6.52. The van der Waals surface area contributed by atoms with Crippen LogP contribution in [0.5, 0.6) is 5.75 Å². The van der Waals surface area contributed by atoms with E-state index in [9.17, 15) is 4.39 Å². The molecule has 1 N–H and O–H groups in total. The van der Waals surface area contributed by atoms with E-state index in [1.54, 1.807) is 6.07 Å². The van der Waals surface area contributed by atoms with Gasteiger partial charge in [-0.1, -0.05) is 6.92 Å². The van der Waals surface area contributed by atoms with E-state index in [0.29, 0.717) is 12.4 Å². The summed E-state index contributed by atoms with van der Waals surface area (Å²) < 4.78 is 19.3. The van der Waals surface area contributed by atoms with Crippen molar-refractivity contribution in [2.24, 2.45) is 0 Å². The number of benzene rings is 1. The summed E-state index contributed by atoms with van der Waals surface area (Å²) >= 11 is 3.34. The van der Waals surface area contributed by atoms with E-state index >= 15 is 0 Å². The van der Waals surface area contributed by atoms with Gasteiger partial charge in [0.1, 0.15) is 11.6 Å². The Bertz CT molecular complexity index is 347. The standard InChI is InChI=1S/C14H21BrFNO/c1-2-8-17-9-4-3-5-10-18-14-11-12(16)6-7-13(14)15/h6-7,11,17H,2-5,8-10H2,1H3. The molecule has 102 valence electrons. The second-order valence-corrected chi connectivity index (χ2v) is 5.09. The SMILES string of the molecule is CCCNCCCCCOc1cc(F)ccc1Br. The second-order valence-electron chi connectivity index (χ2n) is 4.23. The van der Waals surface area contributed by atoms with E-state index < -0.39 is 0 Å². The molecule has 0 spiro atoms. The summed E-state index contributed by atoms with van der Waals surface area (Å²) in [5, 5.41) is 3.36. The van der Waals surface area contributed by atoms with E-state index in [0.717, 1.165) is 36.8 Å². The Labute approximate surface area is 117 Å². The van der Waals surface area contributed by atoms with Gasteiger partial charge in [-0.25, -0.2) is 4.39 Å². The van der Waals surface area contributed by atoms with Crippen LogP contribution >= 0.6 is 15.9 Å². The molecule has 0 aliphatic carbocycles. The summed E-state index contributed by atoms with van der Waals surface area (Å²) in [5.74, 6) is 0.316. The van der Waals surface area contributed by atoms with Gasteiger partial charge in [0, 0.05) is 6.07 Å². The number of rotatable bonds is 9. The molecule has 0 heterocycles. The Hall–Kier alpha value is -0.610. The molecule has 0 aliphatic rings. The average molecular weight is 318 g/mol. The molecule has 0 amide bonds. The van der Waals surface area contributed by atoms with Gasteiger partial charge in [-0.2, -0.15) is 0 Å². The third-order valence-electron chi connectivity index (χ3n) is 2.58. The average Bonchev–Trinajstić information content (AvgIpc) is 2.36. The highest BCUT2D eigenvalue weighted by Crippen LogP contribution is 2.25. The minimum absolute atomic E-state index is 0.267. The quantitative estimate of drug-likeness (QED) is 0.691.